The third kappa shape index (κ3) is 3.47. The molecule has 116 valence electrons. The Bertz CT molecular complexity index is 644. The van der Waals surface area contributed by atoms with Gasteiger partial charge in [-0.1, -0.05) is 45.1 Å². The van der Waals surface area contributed by atoms with Gasteiger partial charge < -0.3 is 10.2 Å². The normalized spacial score (nSPS) is 14.6. The summed E-state index contributed by atoms with van der Waals surface area (Å²) in [6.07, 6.45) is 4.41. The molecule has 22 heavy (non-hydrogen) atoms. The van der Waals surface area contributed by atoms with Crippen LogP contribution in [0, 0.1) is 0 Å². The summed E-state index contributed by atoms with van der Waals surface area (Å²) in [6.45, 7) is 9.19. The van der Waals surface area contributed by atoms with Crippen LogP contribution in [0.15, 0.2) is 36.4 Å². The fourth-order valence-electron chi connectivity index (χ4n) is 2.29. The molecule has 4 nitrogen and oxygen atoms in total. The molecule has 0 saturated heterocycles. The van der Waals surface area contributed by atoms with Crippen LogP contribution >= 0.6 is 11.5 Å². The van der Waals surface area contributed by atoms with Gasteiger partial charge >= 0.3 is 0 Å². The van der Waals surface area contributed by atoms with Crippen LogP contribution in [0.1, 0.15) is 32.2 Å². The molecule has 0 bridgehead atoms. The van der Waals surface area contributed by atoms with Crippen molar-refractivity contribution in [2.24, 2.45) is 0 Å². The molecule has 2 aromatic rings. The highest BCUT2D eigenvalue weighted by atomic mass is 32.1. The first-order valence-electron chi connectivity index (χ1n) is 7.59. The number of aromatic nitrogens is 2. The lowest BCUT2D eigenvalue weighted by atomic mass is 9.96. The highest BCUT2D eigenvalue weighted by Crippen LogP contribution is 2.23. The van der Waals surface area contributed by atoms with E-state index in [0.717, 1.165) is 30.6 Å². The number of nitrogens with one attached hydrogen (secondary N) is 1. The Morgan fingerprint density at radius 3 is 2.41 bits per heavy atom. The van der Waals surface area contributed by atoms with Gasteiger partial charge in [-0.05, 0) is 17.7 Å². The zero-order valence-electron chi connectivity index (χ0n) is 13.3. The second kappa shape index (κ2) is 6.08. The van der Waals surface area contributed by atoms with Crippen molar-refractivity contribution >= 4 is 22.4 Å². The van der Waals surface area contributed by atoms with Gasteiger partial charge in [-0.25, -0.2) is 4.98 Å². The third-order valence-corrected chi connectivity index (χ3v) is 4.33. The predicted octanol–water partition coefficient (Wildman–Crippen LogP) is 3.82. The molecule has 3 rings (SSSR count). The van der Waals surface area contributed by atoms with E-state index in [1.165, 1.54) is 22.8 Å². The number of nitrogens with zero attached hydrogens (tertiary/aromatic N) is 3. The third-order valence-electron chi connectivity index (χ3n) is 3.66. The Morgan fingerprint density at radius 2 is 1.82 bits per heavy atom. The number of hydrogen-bond acceptors (Lipinski definition) is 5. The Kier molecular flexibility index (Phi) is 4.16. The molecule has 1 aromatic carbocycles. The molecule has 5 heteroatoms. The van der Waals surface area contributed by atoms with Crippen LogP contribution in [-0.2, 0) is 12.0 Å². The van der Waals surface area contributed by atoms with E-state index < -0.39 is 0 Å². The average Bonchev–Trinajstić information content (AvgIpc) is 3.16. The second-order valence-corrected chi connectivity index (χ2v) is 7.32. The molecule has 0 amide bonds. The Balaban J connectivity index is 1.58. The molecule has 2 heterocycles. The minimum absolute atomic E-state index is 0.00183. The average molecular weight is 314 g/mol. The standard InChI is InChI=1S/C17H22N4S/c1-17(2,3)15-19-16(22-20-15)18-12-13-6-8-14(9-7-13)21-10-4-5-11-21/h4-9H,10-12H2,1-3H3,(H,18,19,20). The van der Waals surface area contributed by atoms with Crippen LogP contribution in [0.4, 0.5) is 10.8 Å². The summed E-state index contributed by atoms with van der Waals surface area (Å²) in [4.78, 5) is 6.90. The van der Waals surface area contributed by atoms with E-state index in [2.05, 4.69) is 76.8 Å². The minimum atomic E-state index is 0.00183. The number of anilines is 2. The summed E-state index contributed by atoms with van der Waals surface area (Å²) in [7, 11) is 0. The van der Waals surface area contributed by atoms with E-state index in [0.29, 0.717) is 0 Å². The first kappa shape index (κ1) is 15.0. The van der Waals surface area contributed by atoms with Crippen molar-refractivity contribution < 1.29 is 0 Å². The lowest BCUT2D eigenvalue weighted by Crippen LogP contribution is -2.18. The van der Waals surface area contributed by atoms with Gasteiger partial charge in [0, 0.05) is 42.3 Å². The maximum absolute atomic E-state index is 4.56. The first-order chi connectivity index (χ1) is 10.5. The van der Waals surface area contributed by atoms with Gasteiger partial charge in [-0.2, -0.15) is 4.37 Å². The molecule has 0 radical (unpaired) electrons. The van der Waals surface area contributed by atoms with E-state index in [1.54, 1.807) is 0 Å². The number of rotatable bonds is 4. The van der Waals surface area contributed by atoms with Crippen LogP contribution in [0.5, 0.6) is 0 Å². The Morgan fingerprint density at radius 1 is 1.14 bits per heavy atom. The largest absolute Gasteiger partial charge is 0.364 e. The summed E-state index contributed by atoms with van der Waals surface area (Å²) in [5, 5.41) is 4.25. The molecule has 0 fully saturated rings. The molecule has 0 saturated carbocycles. The molecule has 0 aliphatic carbocycles. The van der Waals surface area contributed by atoms with E-state index in [4.69, 9.17) is 0 Å². The maximum Gasteiger partial charge on any atom is 0.202 e. The zero-order chi connectivity index (χ0) is 15.6. The van der Waals surface area contributed by atoms with Gasteiger partial charge in [0.15, 0.2) is 0 Å². The zero-order valence-corrected chi connectivity index (χ0v) is 14.2. The number of hydrogen-bond donors (Lipinski definition) is 1. The lowest BCUT2D eigenvalue weighted by molar-refractivity contribution is 0.555. The van der Waals surface area contributed by atoms with Crippen molar-refractivity contribution in [2.45, 2.75) is 32.7 Å². The van der Waals surface area contributed by atoms with Crippen molar-refractivity contribution in [2.75, 3.05) is 23.3 Å². The van der Waals surface area contributed by atoms with E-state index in [-0.39, 0.29) is 5.41 Å². The monoisotopic (exact) mass is 314 g/mol. The summed E-state index contributed by atoms with van der Waals surface area (Å²) >= 11 is 1.43. The van der Waals surface area contributed by atoms with Crippen LogP contribution in [0.25, 0.3) is 0 Å². The van der Waals surface area contributed by atoms with E-state index in [9.17, 15) is 0 Å². The first-order valence-corrected chi connectivity index (χ1v) is 8.37. The van der Waals surface area contributed by atoms with Crippen molar-refractivity contribution in [1.29, 1.82) is 0 Å². The molecule has 1 aromatic heterocycles. The summed E-state index contributed by atoms with van der Waals surface area (Å²) in [5.74, 6) is 0.900. The van der Waals surface area contributed by atoms with Gasteiger partial charge in [-0.3, -0.25) is 0 Å². The van der Waals surface area contributed by atoms with Gasteiger partial charge in [0.2, 0.25) is 5.13 Å². The second-order valence-electron chi connectivity index (χ2n) is 6.57. The molecule has 1 N–H and O–H groups in total. The summed E-state index contributed by atoms with van der Waals surface area (Å²) < 4.78 is 4.42. The summed E-state index contributed by atoms with van der Waals surface area (Å²) in [5.41, 5.74) is 2.53. The fourth-order valence-corrected chi connectivity index (χ4v) is 3.04. The van der Waals surface area contributed by atoms with Crippen molar-refractivity contribution in [3.8, 4) is 0 Å². The van der Waals surface area contributed by atoms with E-state index in [1.807, 2.05) is 0 Å². The van der Waals surface area contributed by atoms with Crippen molar-refractivity contribution in [3.63, 3.8) is 0 Å². The van der Waals surface area contributed by atoms with Crippen molar-refractivity contribution in [1.82, 2.24) is 9.36 Å². The summed E-state index contributed by atoms with van der Waals surface area (Å²) in [6, 6.07) is 8.72. The molecule has 0 atom stereocenters. The Labute approximate surface area is 136 Å². The van der Waals surface area contributed by atoms with Crippen molar-refractivity contribution in [3.05, 3.63) is 47.8 Å². The van der Waals surface area contributed by atoms with Crippen LogP contribution in [0.2, 0.25) is 0 Å². The smallest absolute Gasteiger partial charge is 0.202 e. The fraction of sp³-hybridized carbons (Fsp3) is 0.412. The lowest BCUT2D eigenvalue weighted by Gasteiger charge is -2.17. The minimum Gasteiger partial charge on any atom is -0.364 e. The van der Waals surface area contributed by atoms with Gasteiger partial charge in [0.05, 0.1) is 0 Å². The van der Waals surface area contributed by atoms with E-state index >= 15 is 0 Å². The predicted molar refractivity (Wildman–Crippen MR) is 93.7 cm³/mol. The van der Waals surface area contributed by atoms with Gasteiger partial charge in [-0.15, -0.1) is 0 Å². The molecule has 1 aliphatic rings. The van der Waals surface area contributed by atoms with Crippen LogP contribution < -0.4 is 10.2 Å². The SMILES string of the molecule is CC(C)(C)c1nsc(NCc2ccc(N3CC=CC3)cc2)n1. The topological polar surface area (TPSA) is 41.1 Å². The highest BCUT2D eigenvalue weighted by molar-refractivity contribution is 7.09. The molecular weight excluding hydrogens is 292 g/mol. The quantitative estimate of drug-likeness (QED) is 0.871. The molecule has 1 aliphatic heterocycles. The Hall–Kier alpha value is -1.88. The highest BCUT2D eigenvalue weighted by Gasteiger charge is 2.19. The molecular formula is C17H22N4S. The maximum atomic E-state index is 4.56. The van der Waals surface area contributed by atoms with Gasteiger partial charge in [0.1, 0.15) is 5.82 Å². The molecule has 0 spiro atoms. The van der Waals surface area contributed by atoms with Crippen LogP contribution in [-0.4, -0.2) is 22.4 Å². The van der Waals surface area contributed by atoms with Crippen LogP contribution in [0.3, 0.4) is 0 Å². The molecule has 0 unspecified atom stereocenters. The number of benzene rings is 1. The van der Waals surface area contributed by atoms with Gasteiger partial charge in [0.25, 0.3) is 0 Å².